The Bertz CT molecular complexity index is 1350. The Labute approximate surface area is 228 Å². The van der Waals surface area contributed by atoms with Crippen LogP contribution in [0.5, 0.6) is 17.2 Å². The van der Waals surface area contributed by atoms with Crippen molar-refractivity contribution in [1.29, 1.82) is 0 Å². The van der Waals surface area contributed by atoms with E-state index in [2.05, 4.69) is 34.5 Å². The van der Waals surface area contributed by atoms with Gasteiger partial charge in [0.25, 0.3) is 0 Å². The number of benzene rings is 2. The molecule has 1 saturated heterocycles. The van der Waals surface area contributed by atoms with Crippen LogP contribution in [0.2, 0.25) is 0 Å². The standard InChI is InChI=1S/C30H37N3O6/c1-19-15-26(35)29(37)30(39-19)23(21-9-12-25(34)27(16-21)38-4)17-28(36)31-18-24(33-13-5-6-14-33)20-7-10-22(11-8-20)32(2)3/h7-12,15-16,23-24,34,37H,5-6,13-14,17-18H2,1-4H3,(H,31,36)/t23-,24-/m0/s1. The number of hydrogen-bond donors (Lipinski definition) is 3. The van der Waals surface area contributed by atoms with Crippen molar-refractivity contribution in [3.63, 3.8) is 0 Å². The van der Waals surface area contributed by atoms with Crippen molar-refractivity contribution >= 4 is 11.6 Å². The van der Waals surface area contributed by atoms with Gasteiger partial charge in [0.2, 0.25) is 17.1 Å². The molecule has 1 aliphatic rings. The molecular formula is C30H37N3O6. The fourth-order valence-corrected chi connectivity index (χ4v) is 5.11. The quantitative estimate of drug-likeness (QED) is 0.358. The number of methoxy groups -OCH3 is 1. The van der Waals surface area contributed by atoms with Crippen molar-refractivity contribution in [2.24, 2.45) is 0 Å². The van der Waals surface area contributed by atoms with E-state index >= 15 is 0 Å². The van der Waals surface area contributed by atoms with Gasteiger partial charge >= 0.3 is 0 Å². The molecule has 0 unspecified atom stereocenters. The minimum atomic E-state index is -0.781. The van der Waals surface area contributed by atoms with Crippen LogP contribution in [0.1, 0.15) is 53.9 Å². The molecule has 1 fully saturated rings. The minimum absolute atomic E-state index is 0.00161. The average Bonchev–Trinajstić information content (AvgIpc) is 3.45. The number of ether oxygens (including phenoxy) is 1. The number of aromatic hydroxyl groups is 2. The number of nitrogens with one attached hydrogen (secondary N) is 1. The molecule has 4 rings (SSSR count). The molecule has 0 radical (unpaired) electrons. The van der Waals surface area contributed by atoms with Crippen LogP contribution in [0.25, 0.3) is 0 Å². The average molecular weight is 536 g/mol. The number of rotatable bonds is 10. The maximum atomic E-state index is 13.4. The number of aryl methyl sites for hydroxylation is 1. The third-order valence-corrected chi connectivity index (χ3v) is 7.25. The molecule has 2 atom stereocenters. The van der Waals surface area contributed by atoms with Crippen LogP contribution in [-0.4, -0.2) is 61.9 Å². The van der Waals surface area contributed by atoms with Crippen molar-refractivity contribution < 1.29 is 24.2 Å². The van der Waals surface area contributed by atoms with Gasteiger partial charge < -0.3 is 29.6 Å². The van der Waals surface area contributed by atoms with Crippen LogP contribution in [0.4, 0.5) is 5.69 Å². The van der Waals surface area contributed by atoms with E-state index in [4.69, 9.17) is 9.15 Å². The van der Waals surface area contributed by atoms with E-state index in [-0.39, 0.29) is 35.6 Å². The van der Waals surface area contributed by atoms with Crippen LogP contribution in [-0.2, 0) is 4.79 Å². The van der Waals surface area contributed by atoms with Crippen molar-refractivity contribution in [2.45, 2.75) is 38.1 Å². The fourth-order valence-electron chi connectivity index (χ4n) is 5.11. The summed E-state index contributed by atoms with van der Waals surface area (Å²) in [5.74, 6) is -1.11. The first-order valence-electron chi connectivity index (χ1n) is 13.2. The molecule has 208 valence electrons. The largest absolute Gasteiger partial charge is 0.504 e. The molecule has 39 heavy (non-hydrogen) atoms. The summed E-state index contributed by atoms with van der Waals surface area (Å²) in [7, 11) is 5.43. The Hall–Kier alpha value is -3.98. The van der Waals surface area contributed by atoms with Crippen LogP contribution in [0.3, 0.4) is 0 Å². The highest BCUT2D eigenvalue weighted by molar-refractivity contribution is 5.77. The van der Waals surface area contributed by atoms with Crippen molar-refractivity contribution in [1.82, 2.24) is 10.2 Å². The second kappa shape index (κ2) is 12.3. The topological polar surface area (TPSA) is 115 Å². The van der Waals surface area contributed by atoms with Crippen LogP contribution in [0, 0.1) is 6.92 Å². The first-order valence-corrected chi connectivity index (χ1v) is 13.2. The van der Waals surface area contributed by atoms with E-state index in [0.29, 0.717) is 17.9 Å². The van der Waals surface area contributed by atoms with Gasteiger partial charge in [-0.2, -0.15) is 0 Å². The number of hydrogen-bond acceptors (Lipinski definition) is 8. The lowest BCUT2D eigenvalue weighted by Gasteiger charge is -2.29. The molecule has 2 heterocycles. The number of likely N-dealkylation sites (tertiary alicyclic amines) is 1. The Kier molecular flexibility index (Phi) is 8.81. The number of phenolic OH excluding ortho intramolecular Hbond substituents is 1. The molecule has 0 saturated carbocycles. The monoisotopic (exact) mass is 535 g/mol. The second-order valence-corrected chi connectivity index (χ2v) is 10.2. The molecule has 3 N–H and O–H groups in total. The summed E-state index contributed by atoms with van der Waals surface area (Å²) in [6.07, 6.45) is 2.16. The van der Waals surface area contributed by atoms with Gasteiger partial charge in [-0.3, -0.25) is 14.5 Å². The third-order valence-electron chi connectivity index (χ3n) is 7.25. The molecule has 2 aromatic carbocycles. The van der Waals surface area contributed by atoms with Crippen LogP contribution >= 0.6 is 0 Å². The van der Waals surface area contributed by atoms with Gasteiger partial charge in [0.05, 0.1) is 19.1 Å². The summed E-state index contributed by atoms with van der Waals surface area (Å²) < 4.78 is 11.0. The number of carbonyl (C=O) groups is 1. The predicted molar refractivity (Wildman–Crippen MR) is 150 cm³/mol. The summed E-state index contributed by atoms with van der Waals surface area (Å²) in [6, 6.07) is 14.2. The molecule has 1 amide bonds. The first kappa shape index (κ1) is 28.0. The summed E-state index contributed by atoms with van der Waals surface area (Å²) in [6.45, 7) is 3.96. The van der Waals surface area contributed by atoms with E-state index in [9.17, 15) is 19.8 Å². The lowest BCUT2D eigenvalue weighted by atomic mass is 9.91. The van der Waals surface area contributed by atoms with Crippen LogP contribution < -0.4 is 20.4 Å². The van der Waals surface area contributed by atoms with Crippen molar-refractivity contribution in [3.8, 4) is 17.2 Å². The SMILES string of the molecule is COc1cc([C@H](CC(=O)NC[C@@H](c2ccc(N(C)C)cc2)N2CCCC2)c2oc(C)cc(=O)c2O)ccc1O. The fraction of sp³-hybridized carbons (Fsp3) is 0.400. The zero-order valence-corrected chi connectivity index (χ0v) is 22.9. The van der Waals surface area contributed by atoms with E-state index in [1.807, 2.05) is 19.0 Å². The Balaban J connectivity index is 1.59. The molecular weight excluding hydrogens is 498 g/mol. The summed E-state index contributed by atoms with van der Waals surface area (Å²) in [5, 5.41) is 23.8. The van der Waals surface area contributed by atoms with E-state index in [0.717, 1.165) is 37.2 Å². The van der Waals surface area contributed by atoms with E-state index in [1.165, 1.54) is 19.2 Å². The van der Waals surface area contributed by atoms with Gasteiger partial charge in [-0.05, 0) is 68.2 Å². The normalized spacial score (nSPS) is 15.1. The number of carbonyl (C=O) groups excluding carboxylic acids is 1. The zero-order chi connectivity index (χ0) is 28.1. The Morgan fingerprint density at radius 2 is 1.74 bits per heavy atom. The lowest BCUT2D eigenvalue weighted by Crippen LogP contribution is -2.37. The smallest absolute Gasteiger partial charge is 0.227 e. The molecule has 9 nitrogen and oxygen atoms in total. The van der Waals surface area contributed by atoms with Crippen molar-refractivity contribution in [2.75, 3.05) is 45.7 Å². The zero-order valence-electron chi connectivity index (χ0n) is 22.9. The second-order valence-electron chi connectivity index (χ2n) is 10.2. The molecule has 9 heteroatoms. The number of phenols is 1. The van der Waals surface area contributed by atoms with E-state index in [1.54, 1.807) is 19.1 Å². The van der Waals surface area contributed by atoms with E-state index < -0.39 is 17.1 Å². The summed E-state index contributed by atoms with van der Waals surface area (Å²) in [4.78, 5) is 30.2. The molecule has 0 aliphatic carbocycles. The molecule has 1 aliphatic heterocycles. The Morgan fingerprint density at radius 1 is 1.08 bits per heavy atom. The molecule has 1 aromatic heterocycles. The summed E-state index contributed by atoms with van der Waals surface area (Å²) in [5.41, 5.74) is 2.21. The summed E-state index contributed by atoms with van der Waals surface area (Å²) >= 11 is 0. The number of anilines is 1. The minimum Gasteiger partial charge on any atom is -0.504 e. The highest BCUT2D eigenvalue weighted by Gasteiger charge is 2.28. The van der Waals surface area contributed by atoms with Gasteiger partial charge in [0.1, 0.15) is 5.76 Å². The number of nitrogens with zero attached hydrogens (tertiary/aromatic N) is 2. The Morgan fingerprint density at radius 3 is 2.38 bits per heavy atom. The lowest BCUT2D eigenvalue weighted by molar-refractivity contribution is -0.121. The number of amides is 1. The van der Waals surface area contributed by atoms with Gasteiger partial charge in [-0.15, -0.1) is 0 Å². The predicted octanol–water partition coefficient (Wildman–Crippen LogP) is 3.91. The molecule has 0 bridgehead atoms. The van der Waals surface area contributed by atoms with Gasteiger partial charge in [0, 0.05) is 38.8 Å². The molecule has 3 aromatic rings. The highest BCUT2D eigenvalue weighted by atomic mass is 16.5. The molecule has 0 spiro atoms. The van der Waals surface area contributed by atoms with Gasteiger partial charge in [0.15, 0.2) is 17.3 Å². The van der Waals surface area contributed by atoms with Crippen LogP contribution in [0.15, 0.2) is 57.7 Å². The highest BCUT2D eigenvalue weighted by Crippen LogP contribution is 2.37. The third kappa shape index (κ3) is 6.54. The first-order chi connectivity index (χ1) is 18.7. The van der Waals surface area contributed by atoms with Gasteiger partial charge in [-0.25, -0.2) is 0 Å². The maximum absolute atomic E-state index is 13.4. The maximum Gasteiger partial charge on any atom is 0.227 e. The van der Waals surface area contributed by atoms with Gasteiger partial charge in [-0.1, -0.05) is 18.2 Å². The van der Waals surface area contributed by atoms with Crippen molar-refractivity contribution in [3.05, 3.63) is 81.4 Å².